The Morgan fingerprint density at radius 1 is 1.08 bits per heavy atom. The number of amides is 1. The Morgan fingerprint density at radius 3 is 2.60 bits per heavy atom. The second-order valence-electron chi connectivity index (χ2n) is 5.08. The van der Waals surface area contributed by atoms with Crippen LogP contribution in [0.5, 0.6) is 0 Å². The second-order valence-corrected chi connectivity index (χ2v) is 5.08. The van der Waals surface area contributed by atoms with E-state index in [0.717, 1.165) is 6.20 Å². The van der Waals surface area contributed by atoms with Crippen LogP contribution in [0.1, 0.15) is 15.9 Å². The maximum Gasteiger partial charge on any atom is 0.274 e. The smallest absolute Gasteiger partial charge is 0.274 e. The number of nitrogens with one attached hydrogen (secondary N) is 1. The zero-order chi connectivity index (χ0) is 17.6. The van der Waals surface area contributed by atoms with E-state index in [2.05, 4.69) is 15.0 Å². The van der Waals surface area contributed by atoms with Crippen molar-refractivity contribution in [3.63, 3.8) is 0 Å². The Labute approximate surface area is 142 Å². The molecule has 2 heterocycles. The molecule has 0 bridgehead atoms. The summed E-state index contributed by atoms with van der Waals surface area (Å²) in [5.41, 5.74) is 2.57. The molecule has 8 heteroatoms. The zero-order valence-corrected chi connectivity index (χ0v) is 13.0. The summed E-state index contributed by atoms with van der Waals surface area (Å²) in [6.45, 7) is 0.223. The van der Waals surface area contributed by atoms with Gasteiger partial charge in [0.25, 0.3) is 5.91 Å². The van der Waals surface area contributed by atoms with Gasteiger partial charge in [-0.3, -0.25) is 15.0 Å². The van der Waals surface area contributed by atoms with Gasteiger partial charge >= 0.3 is 0 Å². The average molecular weight is 339 g/mol. The number of hydroxylamine groups is 1. The van der Waals surface area contributed by atoms with E-state index in [1.165, 1.54) is 24.5 Å². The van der Waals surface area contributed by atoms with Gasteiger partial charge in [-0.25, -0.2) is 19.8 Å². The van der Waals surface area contributed by atoms with E-state index in [4.69, 9.17) is 5.21 Å². The van der Waals surface area contributed by atoms with E-state index in [1.807, 2.05) is 0 Å². The summed E-state index contributed by atoms with van der Waals surface area (Å²) in [4.78, 5) is 25.9. The Bertz CT molecular complexity index is 858. The van der Waals surface area contributed by atoms with Crippen molar-refractivity contribution in [2.24, 2.45) is 0 Å². The molecule has 0 fully saturated rings. The van der Waals surface area contributed by atoms with Gasteiger partial charge < -0.3 is 4.90 Å². The van der Waals surface area contributed by atoms with Crippen LogP contribution in [0.15, 0.2) is 61.2 Å². The van der Waals surface area contributed by atoms with E-state index in [-0.39, 0.29) is 6.54 Å². The number of hydrogen-bond acceptors (Lipinski definition) is 6. The fourth-order valence-electron chi connectivity index (χ4n) is 2.35. The summed E-state index contributed by atoms with van der Waals surface area (Å²) in [5.74, 6) is -0.147. The number of nitrogens with zero attached hydrogens (tertiary/aromatic N) is 4. The van der Waals surface area contributed by atoms with Crippen molar-refractivity contribution >= 4 is 17.5 Å². The van der Waals surface area contributed by atoms with Gasteiger partial charge in [-0.05, 0) is 23.8 Å². The highest BCUT2D eigenvalue weighted by Crippen LogP contribution is 2.24. The number of aromatic nitrogens is 3. The van der Waals surface area contributed by atoms with E-state index in [1.54, 1.807) is 40.8 Å². The maximum atomic E-state index is 13.2. The Kier molecular flexibility index (Phi) is 4.91. The lowest BCUT2D eigenvalue weighted by atomic mass is 10.1. The quantitative estimate of drug-likeness (QED) is 0.548. The van der Waals surface area contributed by atoms with Crippen molar-refractivity contribution in [2.75, 3.05) is 4.90 Å². The van der Waals surface area contributed by atoms with Crippen LogP contribution in [0.2, 0.25) is 0 Å². The predicted octanol–water partition coefficient (Wildman–Crippen LogP) is 2.47. The lowest BCUT2D eigenvalue weighted by Gasteiger charge is -2.23. The predicted molar refractivity (Wildman–Crippen MR) is 87.8 cm³/mol. The van der Waals surface area contributed by atoms with Crippen LogP contribution in [-0.4, -0.2) is 26.1 Å². The van der Waals surface area contributed by atoms with Crippen molar-refractivity contribution in [3.8, 4) is 0 Å². The highest BCUT2D eigenvalue weighted by molar-refractivity contribution is 5.95. The van der Waals surface area contributed by atoms with Crippen LogP contribution < -0.4 is 10.4 Å². The number of rotatable bonds is 5. The lowest BCUT2D eigenvalue weighted by Crippen LogP contribution is -2.24. The summed E-state index contributed by atoms with van der Waals surface area (Å²) in [5, 5.41) is 8.92. The molecule has 3 aromatic rings. The molecular weight excluding hydrogens is 325 g/mol. The maximum absolute atomic E-state index is 13.2. The van der Waals surface area contributed by atoms with Gasteiger partial charge in [0, 0.05) is 18.0 Å². The van der Waals surface area contributed by atoms with Crippen LogP contribution >= 0.6 is 0 Å². The summed E-state index contributed by atoms with van der Waals surface area (Å²) in [6, 6.07) is 9.61. The van der Waals surface area contributed by atoms with Crippen molar-refractivity contribution in [2.45, 2.75) is 6.54 Å². The molecule has 1 aromatic carbocycles. The summed E-state index contributed by atoms with van der Waals surface area (Å²) in [7, 11) is 0. The molecule has 0 unspecified atom stereocenters. The highest BCUT2D eigenvalue weighted by atomic mass is 19.1. The standard InChI is InChI=1S/C17H14FN5O2/c18-13-5-6-15(21-9-13)23(16-10-19-7-8-20-16)11-12-3-1-2-4-14(12)17(24)22-25/h1-10,25H,11H2,(H,22,24). The minimum atomic E-state index is -0.623. The molecule has 7 nitrogen and oxygen atoms in total. The van der Waals surface area contributed by atoms with Gasteiger partial charge in [0.1, 0.15) is 11.6 Å². The number of carbonyl (C=O) groups is 1. The molecule has 0 saturated carbocycles. The summed E-state index contributed by atoms with van der Waals surface area (Å²) < 4.78 is 13.2. The average Bonchev–Trinajstić information content (AvgIpc) is 2.67. The molecule has 3 rings (SSSR count). The molecule has 0 aliphatic heterocycles. The third-order valence-electron chi connectivity index (χ3n) is 3.51. The van der Waals surface area contributed by atoms with E-state index >= 15 is 0 Å². The van der Waals surface area contributed by atoms with Gasteiger partial charge in [-0.1, -0.05) is 18.2 Å². The molecule has 0 saturated heterocycles. The highest BCUT2D eigenvalue weighted by Gasteiger charge is 2.17. The number of halogens is 1. The van der Waals surface area contributed by atoms with E-state index in [0.29, 0.717) is 22.8 Å². The largest absolute Gasteiger partial charge is 0.305 e. The first-order chi connectivity index (χ1) is 12.2. The SMILES string of the molecule is O=C(NO)c1ccccc1CN(c1ccc(F)cn1)c1cnccn1. The summed E-state index contributed by atoms with van der Waals surface area (Å²) in [6.07, 6.45) is 5.70. The minimum absolute atomic E-state index is 0.223. The molecule has 2 aromatic heterocycles. The van der Waals surface area contributed by atoms with Crippen LogP contribution in [0.4, 0.5) is 16.0 Å². The molecule has 126 valence electrons. The van der Waals surface area contributed by atoms with Gasteiger partial charge in [-0.2, -0.15) is 0 Å². The van der Waals surface area contributed by atoms with Gasteiger partial charge in [0.15, 0.2) is 5.82 Å². The van der Waals surface area contributed by atoms with Gasteiger partial charge in [-0.15, -0.1) is 0 Å². The fraction of sp³-hybridized carbons (Fsp3) is 0.0588. The molecule has 0 aliphatic carbocycles. The number of hydrogen-bond donors (Lipinski definition) is 2. The third kappa shape index (κ3) is 3.75. The normalized spacial score (nSPS) is 10.3. The van der Waals surface area contributed by atoms with Gasteiger partial charge in [0.05, 0.1) is 18.9 Å². The molecule has 1 amide bonds. The molecular formula is C17H14FN5O2. The lowest BCUT2D eigenvalue weighted by molar-refractivity contribution is 0.0705. The number of benzene rings is 1. The van der Waals surface area contributed by atoms with Crippen molar-refractivity contribution in [1.29, 1.82) is 0 Å². The number of anilines is 2. The molecule has 25 heavy (non-hydrogen) atoms. The molecule has 0 aliphatic rings. The Morgan fingerprint density at radius 2 is 1.92 bits per heavy atom. The molecule has 0 atom stereocenters. The first kappa shape index (κ1) is 16.5. The molecule has 0 spiro atoms. The van der Waals surface area contributed by atoms with E-state index < -0.39 is 11.7 Å². The summed E-state index contributed by atoms with van der Waals surface area (Å²) >= 11 is 0. The van der Waals surface area contributed by atoms with Gasteiger partial charge in [0.2, 0.25) is 0 Å². The first-order valence-corrected chi connectivity index (χ1v) is 7.36. The van der Waals surface area contributed by atoms with Crippen molar-refractivity contribution < 1.29 is 14.4 Å². The van der Waals surface area contributed by atoms with Crippen LogP contribution in [0.3, 0.4) is 0 Å². The van der Waals surface area contributed by atoms with Crippen molar-refractivity contribution in [1.82, 2.24) is 20.4 Å². The molecule has 2 N–H and O–H groups in total. The van der Waals surface area contributed by atoms with E-state index in [9.17, 15) is 9.18 Å². The van der Waals surface area contributed by atoms with Crippen molar-refractivity contribution in [3.05, 3.63) is 78.1 Å². The fourth-order valence-corrected chi connectivity index (χ4v) is 2.35. The molecule has 0 radical (unpaired) electrons. The zero-order valence-electron chi connectivity index (χ0n) is 13.0. The van der Waals surface area contributed by atoms with Crippen LogP contribution in [-0.2, 0) is 6.54 Å². The third-order valence-corrected chi connectivity index (χ3v) is 3.51. The Hall–Kier alpha value is -3.39. The minimum Gasteiger partial charge on any atom is -0.305 e. The van der Waals surface area contributed by atoms with Crippen LogP contribution in [0.25, 0.3) is 0 Å². The topological polar surface area (TPSA) is 91.2 Å². The number of pyridine rings is 1. The first-order valence-electron chi connectivity index (χ1n) is 7.36. The van der Waals surface area contributed by atoms with Crippen LogP contribution in [0, 0.1) is 5.82 Å². The monoisotopic (exact) mass is 339 g/mol. The second kappa shape index (κ2) is 7.45. The number of carbonyl (C=O) groups excluding carboxylic acids is 1. The Balaban J connectivity index is 2.02.